The fraction of sp³-hybridized carbons (Fsp3) is 0.154. The van der Waals surface area contributed by atoms with E-state index in [0.717, 1.165) is 39.4 Å². The molecule has 166 valence electrons. The predicted octanol–water partition coefficient (Wildman–Crippen LogP) is 4.91. The van der Waals surface area contributed by atoms with Crippen LogP contribution in [0.2, 0.25) is 0 Å². The van der Waals surface area contributed by atoms with Crippen LogP contribution in [-0.2, 0) is 27.7 Å². The first-order valence-electron chi connectivity index (χ1n) is 9.74. The van der Waals surface area contributed by atoms with Crippen LogP contribution in [0, 0.1) is 19.1 Å². The van der Waals surface area contributed by atoms with Gasteiger partial charge in [-0.2, -0.15) is 0 Å². The van der Waals surface area contributed by atoms with Crippen molar-refractivity contribution in [3.63, 3.8) is 0 Å². The molecule has 2 aromatic heterocycles. The molecule has 2 heterocycles. The van der Waals surface area contributed by atoms with E-state index in [1.807, 2.05) is 61.5 Å². The summed E-state index contributed by atoms with van der Waals surface area (Å²) in [4.78, 5) is 8.52. The Morgan fingerprint density at radius 3 is 2.12 bits per heavy atom. The van der Waals surface area contributed by atoms with Crippen molar-refractivity contribution >= 4 is 0 Å². The van der Waals surface area contributed by atoms with Crippen molar-refractivity contribution in [1.29, 1.82) is 0 Å². The van der Waals surface area contributed by atoms with Gasteiger partial charge in [-0.3, -0.25) is 0 Å². The van der Waals surface area contributed by atoms with E-state index in [-0.39, 0.29) is 27.7 Å². The molecule has 0 fully saturated rings. The summed E-state index contributed by atoms with van der Waals surface area (Å²) in [5.41, 5.74) is 5.46. The molecule has 2 aromatic carbocycles. The van der Waals surface area contributed by atoms with Crippen LogP contribution in [0.3, 0.4) is 0 Å². The topological polar surface area (TPSA) is 64.5 Å². The van der Waals surface area contributed by atoms with Crippen LogP contribution in [0.5, 0.6) is 11.5 Å². The van der Waals surface area contributed by atoms with Crippen LogP contribution in [0.4, 0.5) is 0 Å². The molecule has 0 saturated carbocycles. The van der Waals surface area contributed by atoms with E-state index >= 15 is 0 Å². The van der Waals surface area contributed by atoms with Crippen LogP contribution in [0.1, 0.15) is 11.1 Å². The number of hydrogen-bond acceptors (Lipinski definition) is 5. The maximum atomic E-state index is 9.05. The van der Waals surface area contributed by atoms with Crippen LogP contribution in [0.15, 0.2) is 73.1 Å². The van der Waals surface area contributed by atoms with Crippen LogP contribution < -0.4 is 9.47 Å². The van der Waals surface area contributed by atoms with Gasteiger partial charge < -0.3 is 24.5 Å². The minimum atomic E-state index is 0. The van der Waals surface area contributed by atoms with Crippen LogP contribution in [-0.4, -0.2) is 29.3 Å². The van der Waals surface area contributed by atoms with Crippen molar-refractivity contribution in [3.05, 3.63) is 96.3 Å². The molecule has 0 atom stereocenters. The zero-order valence-electron chi connectivity index (χ0n) is 18.1. The minimum Gasteiger partial charge on any atom is -0.516 e. The number of rotatable bonds is 5. The van der Waals surface area contributed by atoms with Gasteiger partial charge >= 0.3 is 21.1 Å². The van der Waals surface area contributed by atoms with Gasteiger partial charge in [-0.05, 0) is 35.2 Å². The van der Waals surface area contributed by atoms with Crippen molar-refractivity contribution in [1.82, 2.24) is 9.97 Å². The number of benzene rings is 2. The Hall–Kier alpha value is -3.01. The summed E-state index contributed by atoms with van der Waals surface area (Å²) in [6, 6.07) is 25.4. The van der Waals surface area contributed by atoms with E-state index in [9.17, 15) is 0 Å². The third-order valence-corrected chi connectivity index (χ3v) is 4.46. The first-order valence-corrected chi connectivity index (χ1v) is 9.74. The number of hydrogen-bond donors (Lipinski definition) is 1. The molecular weight excluding hydrogens is 583 g/mol. The number of ether oxygens (including phenoxy) is 2. The number of aliphatic hydroxyl groups excluding tert-OH is 1. The third-order valence-electron chi connectivity index (χ3n) is 4.46. The van der Waals surface area contributed by atoms with Crippen LogP contribution in [0.25, 0.3) is 22.5 Å². The summed E-state index contributed by atoms with van der Waals surface area (Å²) in [5.74, 6) is 1.49. The summed E-state index contributed by atoms with van der Waals surface area (Å²) >= 11 is 0. The zero-order valence-corrected chi connectivity index (χ0v) is 20.4. The smallest absolute Gasteiger partial charge is 0.516 e. The second-order valence-corrected chi connectivity index (χ2v) is 6.67. The summed E-state index contributed by atoms with van der Waals surface area (Å²) < 4.78 is 10.3. The van der Waals surface area contributed by atoms with Gasteiger partial charge in [0.05, 0.1) is 20.8 Å². The van der Waals surface area contributed by atoms with Gasteiger partial charge in [-0.1, -0.05) is 19.1 Å². The fourth-order valence-corrected chi connectivity index (χ4v) is 2.86. The molecule has 0 saturated heterocycles. The molecule has 1 N–H and O–H groups in total. The van der Waals surface area contributed by atoms with Crippen molar-refractivity contribution in [3.8, 4) is 34.0 Å². The molecule has 0 aliphatic carbocycles. The Bertz CT molecular complexity index is 1090. The quantitative estimate of drug-likeness (QED) is 0.327. The monoisotopic (exact) mass is 607 g/mol. The maximum absolute atomic E-state index is 9.05. The summed E-state index contributed by atoms with van der Waals surface area (Å²) in [6.07, 6.45) is 3.42. The SMILES string of the molecule is COc1[c-]c(-c2cc(CO)ccn2)ccc1.COc1ccnc(-c2[c-]c(C)ccc2)c1.[Pt+2]. The van der Waals surface area contributed by atoms with Crippen molar-refractivity contribution in [2.75, 3.05) is 14.2 Å². The number of methoxy groups -OCH3 is 2. The maximum Gasteiger partial charge on any atom is 2.00 e. The molecule has 4 aromatic rings. The molecule has 0 radical (unpaired) electrons. The second-order valence-electron chi connectivity index (χ2n) is 6.67. The van der Waals surface area contributed by atoms with Gasteiger partial charge in [0, 0.05) is 18.1 Å². The molecule has 0 spiro atoms. The number of nitrogens with zero attached hydrogens (tertiary/aromatic N) is 2. The van der Waals surface area contributed by atoms with Crippen molar-refractivity contribution in [2.24, 2.45) is 0 Å². The number of aromatic nitrogens is 2. The molecule has 0 aliphatic rings. The Balaban J connectivity index is 0.000000220. The molecule has 5 nitrogen and oxygen atoms in total. The van der Waals surface area contributed by atoms with E-state index in [1.54, 1.807) is 32.7 Å². The molecular formula is C26H24N2O3Pt. The molecule has 32 heavy (non-hydrogen) atoms. The average molecular weight is 608 g/mol. The van der Waals surface area contributed by atoms with E-state index in [1.165, 1.54) is 0 Å². The standard InChI is InChI=1S/C13H12NO2.C13H12NO.Pt/c1-16-12-4-2-3-11(8-12)13-7-10(9-15)5-6-14-13;1-10-4-3-5-11(8-10)13-9-12(15-2)6-7-14-13;/h2-7,15H,9H2,1H3;3-7,9H,1-2H3;/q2*-1;+2. The Kier molecular flexibility index (Phi) is 10.1. The molecule has 0 amide bonds. The predicted molar refractivity (Wildman–Crippen MR) is 121 cm³/mol. The Morgan fingerprint density at radius 2 is 1.47 bits per heavy atom. The first-order chi connectivity index (χ1) is 15.1. The van der Waals surface area contributed by atoms with E-state index < -0.39 is 0 Å². The van der Waals surface area contributed by atoms with E-state index in [0.29, 0.717) is 5.75 Å². The minimum absolute atomic E-state index is 0. The van der Waals surface area contributed by atoms with Gasteiger partial charge in [0.1, 0.15) is 5.75 Å². The Labute approximate surface area is 203 Å². The normalized spacial score (nSPS) is 9.75. The summed E-state index contributed by atoms with van der Waals surface area (Å²) in [7, 11) is 3.26. The average Bonchev–Trinajstić information content (AvgIpc) is 2.84. The summed E-state index contributed by atoms with van der Waals surface area (Å²) in [6.45, 7) is 2.03. The van der Waals surface area contributed by atoms with Gasteiger partial charge in [0.25, 0.3) is 0 Å². The van der Waals surface area contributed by atoms with Gasteiger partial charge in [-0.15, -0.1) is 59.2 Å². The second kappa shape index (κ2) is 12.7. The molecule has 6 heteroatoms. The number of aryl methyl sites for hydroxylation is 1. The van der Waals surface area contributed by atoms with Crippen LogP contribution >= 0.6 is 0 Å². The molecule has 0 unspecified atom stereocenters. The molecule has 4 rings (SSSR count). The molecule has 0 bridgehead atoms. The van der Waals surface area contributed by atoms with E-state index in [2.05, 4.69) is 22.1 Å². The number of aliphatic hydroxyl groups is 1. The van der Waals surface area contributed by atoms with Gasteiger partial charge in [0.2, 0.25) is 0 Å². The van der Waals surface area contributed by atoms with Crippen molar-refractivity contribution < 1.29 is 35.6 Å². The number of pyridine rings is 2. The van der Waals surface area contributed by atoms with Gasteiger partial charge in [0.15, 0.2) is 0 Å². The van der Waals surface area contributed by atoms with Crippen molar-refractivity contribution in [2.45, 2.75) is 13.5 Å². The zero-order chi connectivity index (χ0) is 22.1. The summed E-state index contributed by atoms with van der Waals surface area (Å²) in [5, 5.41) is 9.05. The Morgan fingerprint density at radius 1 is 0.812 bits per heavy atom. The van der Waals surface area contributed by atoms with E-state index in [4.69, 9.17) is 14.6 Å². The van der Waals surface area contributed by atoms with Gasteiger partial charge in [-0.25, -0.2) is 0 Å². The first kappa shape index (κ1) is 25.3. The fourth-order valence-electron chi connectivity index (χ4n) is 2.86. The molecule has 0 aliphatic heterocycles. The third kappa shape index (κ3) is 7.01. The largest absolute Gasteiger partial charge is 2.00 e.